The summed E-state index contributed by atoms with van der Waals surface area (Å²) in [6.07, 6.45) is 0.570. The highest BCUT2D eigenvalue weighted by Gasteiger charge is 2.21. The van der Waals surface area contributed by atoms with Gasteiger partial charge in [0.15, 0.2) is 17.5 Å². The molecular weight excluding hydrogens is 307 g/mol. The molecule has 2 aromatic rings. The molecule has 0 spiro atoms. The van der Waals surface area contributed by atoms with Crippen LogP contribution in [-0.2, 0) is 0 Å². The summed E-state index contributed by atoms with van der Waals surface area (Å²) in [5, 5.41) is 22.5. The number of nitrogens with one attached hydrogen (secondary N) is 1. The first-order valence-electron chi connectivity index (χ1n) is 7.27. The van der Waals surface area contributed by atoms with Gasteiger partial charge in [-0.15, -0.1) is 0 Å². The summed E-state index contributed by atoms with van der Waals surface area (Å²) in [5.41, 5.74) is 0.703. The summed E-state index contributed by atoms with van der Waals surface area (Å²) < 4.78 is 39.8. The number of halogens is 3. The molecule has 0 saturated carbocycles. The molecule has 0 saturated heterocycles. The van der Waals surface area contributed by atoms with E-state index in [1.165, 1.54) is 6.07 Å². The van der Waals surface area contributed by atoms with Gasteiger partial charge in [0.25, 0.3) is 0 Å². The van der Waals surface area contributed by atoms with Gasteiger partial charge in [0.05, 0.1) is 12.6 Å². The van der Waals surface area contributed by atoms with E-state index in [1.807, 2.05) is 6.92 Å². The van der Waals surface area contributed by atoms with Crippen LogP contribution in [0.25, 0.3) is 0 Å². The van der Waals surface area contributed by atoms with Gasteiger partial charge in [0, 0.05) is 11.6 Å². The molecule has 0 aromatic heterocycles. The van der Waals surface area contributed by atoms with E-state index in [-0.39, 0.29) is 17.4 Å². The Balaban J connectivity index is 2.29. The molecule has 2 rings (SSSR count). The summed E-state index contributed by atoms with van der Waals surface area (Å²) in [6.45, 7) is 1.43. The lowest BCUT2D eigenvalue weighted by atomic mass is 10.00. The molecule has 6 heteroatoms. The van der Waals surface area contributed by atoms with E-state index in [9.17, 15) is 23.4 Å². The molecule has 0 aliphatic heterocycles. The van der Waals surface area contributed by atoms with Gasteiger partial charge in [-0.25, -0.2) is 13.2 Å². The average Bonchev–Trinajstić information content (AvgIpc) is 2.54. The summed E-state index contributed by atoms with van der Waals surface area (Å²) in [5.74, 6) is -4.08. The molecule has 0 fully saturated rings. The number of aromatic hydroxyl groups is 1. The molecule has 0 bridgehead atoms. The van der Waals surface area contributed by atoms with Gasteiger partial charge in [-0.2, -0.15) is 0 Å². The van der Waals surface area contributed by atoms with Crippen molar-refractivity contribution in [2.24, 2.45) is 0 Å². The van der Waals surface area contributed by atoms with Crippen molar-refractivity contribution in [3.8, 4) is 5.75 Å². The van der Waals surface area contributed by atoms with E-state index < -0.39 is 30.1 Å². The first kappa shape index (κ1) is 17.3. The van der Waals surface area contributed by atoms with E-state index in [0.29, 0.717) is 12.0 Å². The molecule has 0 radical (unpaired) electrons. The molecule has 2 atom stereocenters. The minimum absolute atomic E-state index is 0.0833. The third-order valence-corrected chi connectivity index (χ3v) is 3.71. The number of aliphatic hydroxyl groups excluding tert-OH is 1. The molecule has 0 amide bonds. The lowest BCUT2D eigenvalue weighted by Crippen LogP contribution is -2.29. The Labute approximate surface area is 132 Å². The molecule has 0 aliphatic rings. The van der Waals surface area contributed by atoms with Crippen molar-refractivity contribution in [2.45, 2.75) is 25.4 Å². The predicted octanol–water partition coefficient (Wildman–Crippen LogP) is 3.58. The maximum absolute atomic E-state index is 13.4. The minimum atomic E-state index is -1.54. The van der Waals surface area contributed by atoms with E-state index in [4.69, 9.17) is 0 Å². The minimum Gasteiger partial charge on any atom is -0.508 e. The standard InChI is InChI=1S/C17H18F3NO2/c1-2-14(11-5-3-4-6-16(11)23)21-15(9-22)10-7-12(18)17(20)13(19)8-10/h3-8,14-15,21-23H,2,9H2,1H3/t14-,15+/m0/s1. The fourth-order valence-corrected chi connectivity index (χ4v) is 2.48. The fourth-order valence-electron chi connectivity index (χ4n) is 2.48. The second kappa shape index (κ2) is 7.48. The van der Waals surface area contributed by atoms with E-state index in [2.05, 4.69) is 5.32 Å². The van der Waals surface area contributed by atoms with Crippen LogP contribution >= 0.6 is 0 Å². The second-order valence-electron chi connectivity index (χ2n) is 5.22. The Hall–Kier alpha value is -2.05. The van der Waals surface area contributed by atoms with Crippen molar-refractivity contribution in [1.82, 2.24) is 5.32 Å². The van der Waals surface area contributed by atoms with Gasteiger partial charge in [0.1, 0.15) is 5.75 Å². The quantitative estimate of drug-likeness (QED) is 0.712. The molecule has 2 aromatic carbocycles. The maximum Gasteiger partial charge on any atom is 0.194 e. The SMILES string of the molecule is CC[C@H](N[C@H](CO)c1cc(F)c(F)c(F)c1)c1ccccc1O. The Kier molecular flexibility index (Phi) is 5.63. The van der Waals surface area contributed by atoms with Crippen molar-refractivity contribution in [3.63, 3.8) is 0 Å². The van der Waals surface area contributed by atoms with Crippen LogP contribution in [0, 0.1) is 17.5 Å². The number of aliphatic hydroxyl groups is 1. The summed E-state index contributed by atoms with van der Waals surface area (Å²) in [7, 11) is 0. The van der Waals surface area contributed by atoms with Gasteiger partial charge in [0.2, 0.25) is 0 Å². The molecular formula is C17H18F3NO2. The number of phenolic OH excluding ortho intramolecular Hbond substituents is 1. The van der Waals surface area contributed by atoms with Crippen LogP contribution in [-0.4, -0.2) is 16.8 Å². The highest BCUT2D eigenvalue weighted by molar-refractivity contribution is 5.35. The van der Waals surface area contributed by atoms with E-state index in [0.717, 1.165) is 12.1 Å². The summed E-state index contributed by atoms with van der Waals surface area (Å²) >= 11 is 0. The third kappa shape index (κ3) is 3.83. The number of hydrogen-bond acceptors (Lipinski definition) is 3. The largest absolute Gasteiger partial charge is 0.508 e. The van der Waals surface area contributed by atoms with Crippen LogP contribution in [0.3, 0.4) is 0 Å². The summed E-state index contributed by atoms with van der Waals surface area (Å²) in [4.78, 5) is 0. The van der Waals surface area contributed by atoms with Crippen molar-refractivity contribution in [2.75, 3.05) is 6.61 Å². The smallest absolute Gasteiger partial charge is 0.194 e. The van der Waals surface area contributed by atoms with E-state index >= 15 is 0 Å². The van der Waals surface area contributed by atoms with Crippen molar-refractivity contribution in [1.29, 1.82) is 0 Å². The maximum atomic E-state index is 13.4. The molecule has 124 valence electrons. The summed E-state index contributed by atoms with van der Waals surface area (Å²) in [6, 6.07) is 7.24. The number of para-hydroxylation sites is 1. The normalized spacial score (nSPS) is 13.8. The molecule has 0 unspecified atom stereocenters. The zero-order chi connectivity index (χ0) is 17.0. The number of hydrogen-bond donors (Lipinski definition) is 3. The Morgan fingerprint density at radius 2 is 1.65 bits per heavy atom. The van der Waals surface area contributed by atoms with Crippen LogP contribution in [0.4, 0.5) is 13.2 Å². The molecule has 3 N–H and O–H groups in total. The first-order chi connectivity index (χ1) is 11.0. The molecule has 0 heterocycles. The van der Waals surface area contributed by atoms with Crippen molar-refractivity contribution < 1.29 is 23.4 Å². The molecule has 23 heavy (non-hydrogen) atoms. The third-order valence-electron chi connectivity index (χ3n) is 3.71. The van der Waals surface area contributed by atoms with Gasteiger partial charge < -0.3 is 15.5 Å². The predicted molar refractivity (Wildman–Crippen MR) is 80.4 cm³/mol. The topological polar surface area (TPSA) is 52.5 Å². The fraction of sp³-hybridized carbons (Fsp3) is 0.294. The highest BCUT2D eigenvalue weighted by atomic mass is 19.2. The van der Waals surface area contributed by atoms with Gasteiger partial charge in [-0.3, -0.25) is 0 Å². The van der Waals surface area contributed by atoms with Crippen LogP contribution < -0.4 is 5.32 Å². The van der Waals surface area contributed by atoms with Crippen LogP contribution in [0.1, 0.15) is 36.6 Å². The second-order valence-corrected chi connectivity index (χ2v) is 5.22. The van der Waals surface area contributed by atoms with Crippen LogP contribution in [0.2, 0.25) is 0 Å². The number of rotatable bonds is 6. The van der Waals surface area contributed by atoms with Gasteiger partial charge >= 0.3 is 0 Å². The van der Waals surface area contributed by atoms with Gasteiger partial charge in [-0.05, 0) is 30.2 Å². The Bertz CT molecular complexity index is 656. The zero-order valence-electron chi connectivity index (χ0n) is 12.6. The Morgan fingerprint density at radius 3 is 2.17 bits per heavy atom. The monoisotopic (exact) mass is 325 g/mol. The lowest BCUT2D eigenvalue weighted by Gasteiger charge is -2.25. The van der Waals surface area contributed by atoms with Crippen molar-refractivity contribution in [3.05, 3.63) is 65.0 Å². The average molecular weight is 325 g/mol. The van der Waals surface area contributed by atoms with Crippen LogP contribution in [0.15, 0.2) is 36.4 Å². The van der Waals surface area contributed by atoms with Crippen LogP contribution in [0.5, 0.6) is 5.75 Å². The molecule has 3 nitrogen and oxygen atoms in total. The Morgan fingerprint density at radius 1 is 1.04 bits per heavy atom. The van der Waals surface area contributed by atoms with E-state index in [1.54, 1.807) is 18.2 Å². The number of phenols is 1. The van der Waals surface area contributed by atoms with Crippen molar-refractivity contribution >= 4 is 0 Å². The first-order valence-corrected chi connectivity index (χ1v) is 7.27. The van der Waals surface area contributed by atoms with Gasteiger partial charge in [-0.1, -0.05) is 25.1 Å². The zero-order valence-corrected chi connectivity index (χ0v) is 12.6. The lowest BCUT2D eigenvalue weighted by molar-refractivity contribution is 0.230. The molecule has 0 aliphatic carbocycles. The highest BCUT2D eigenvalue weighted by Crippen LogP contribution is 2.29. The number of benzene rings is 2.